The van der Waals surface area contributed by atoms with Gasteiger partial charge in [-0.1, -0.05) is 68.1 Å². The summed E-state index contributed by atoms with van der Waals surface area (Å²) in [6.45, 7) is 12.8. The minimum absolute atomic E-state index is 0.0407. The lowest BCUT2D eigenvalue weighted by Gasteiger charge is -2.26. The molecule has 0 radical (unpaired) electrons. The van der Waals surface area contributed by atoms with Gasteiger partial charge in [0.1, 0.15) is 29.3 Å². The molecule has 266 valence electrons. The average Bonchev–Trinajstić information content (AvgIpc) is 3.36. The van der Waals surface area contributed by atoms with Crippen molar-refractivity contribution in [2.45, 2.75) is 89.6 Å². The molecule has 0 amide bonds. The van der Waals surface area contributed by atoms with Crippen molar-refractivity contribution in [1.82, 2.24) is 0 Å². The van der Waals surface area contributed by atoms with Crippen molar-refractivity contribution < 1.29 is 38.0 Å². The molecule has 2 unspecified atom stereocenters. The summed E-state index contributed by atoms with van der Waals surface area (Å²) in [5.41, 5.74) is 9.64. The van der Waals surface area contributed by atoms with E-state index in [1.807, 2.05) is 51.1 Å². The Morgan fingerprint density at radius 1 is 1.12 bits per heavy atom. The number of azide groups is 1. The summed E-state index contributed by atoms with van der Waals surface area (Å²) < 4.78 is 34.8. The lowest BCUT2D eigenvalue weighted by atomic mass is 9.88. The Hall–Kier alpha value is -4.09. The Morgan fingerprint density at radius 3 is 2.51 bits per heavy atom. The summed E-state index contributed by atoms with van der Waals surface area (Å²) in [4.78, 5) is 29.6. The second kappa shape index (κ2) is 18.6. The topological polar surface area (TPSA) is 138 Å². The van der Waals surface area contributed by atoms with Gasteiger partial charge in [-0.2, -0.15) is 0 Å². The zero-order valence-electron chi connectivity index (χ0n) is 30.0. The molecule has 0 N–H and O–H groups in total. The first-order valence-electron chi connectivity index (χ1n) is 16.6. The first-order valence-corrected chi connectivity index (χ1v) is 20.3. The molecule has 1 aliphatic rings. The summed E-state index contributed by atoms with van der Waals surface area (Å²) in [6.07, 6.45) is 8.11. The molecule has 11 nitrogen and oxygen atoms in total. The first kappa shape index (κ1) is 39.3. The highest BCUT2D eigenvalue weighted by atomic mass is 28.3. The van der Waals surface area contributed by atoms with Crippen molar-refractivity contribution in [1.29, 1.82) is 0 Å². The van der Waals surface area contributed by atoms with Gasteiger partial charge in [0.25, 0.3) is 0 Å². The van der Waals surface area contributed by atoms with Gasteiger partial charge < -0.3 is 28.4 Å². The fourth-order valence-corrected chi connectivity index (χ4v) is 6.26. The van der Waals surface area contributed by atoms with Gasteiger partial charge in [-0.25, -0.2) is 9.59 Å². The molecule has 1 saturated heterocycles. The van der Waals surface area contributed by atoms with Gasteiger partial charge in [-0.3, -0.25) is 0 Å². The summed E-state index contributed by atoms with van der Waals surface area (Å²) in [5.74, 6) is -0.169. The van der Waals surface area contributed by atoms with Crippen molar-refractivity contribution in [2.24, 2.45) is 11.0 Å². The fourth-order valence-electron chi connectivity index (χ4n) is 5.55. The van der Waals surface area contributed by atoms with Crippen molar-refractivity contribution in [3.63, 3.8) is 0 Å². The van der Waals surface area contributed by atoms with E-state index in [1.54, 1.807) is 43.5 Å². The van der Waals surface area contributed by atoms with E-state index in [0.717, 1.165) is 6.04 Å². The Balaban J connectivity index is 1.93. The second-order valence-corrected chi connectivity index (χ2v) is 19.6. The maximum atomic E-state index is 13.5. The number of nitrogens with zero attached hydrogens (tertiary/aromatic N) is 3. The van der Waals surface area contributed by atoms with E-state index in [-0.39, 0.29) is 24.3 Å². The number of carbonyl (C=O) groups is 2. The Kier molecular flexibility index (Phi) is 14.9. The molecule has 1 fully saturated rings. The summed E-state index contributed by atoms with van der Waals surface area (Å²) in [5, 5.41) is 3.74. The van der Waals surface area contributed by atoms with E-state index in [9.17, 15) is 9.59 Å². The summed E-state index contributed by atoms with van der Waals surface area (Å²) in [6, 6.07) is 12.8. The first-order chi connectivity index (χ1) is 23.3. The second-order valence-electron chi connectivity index (χ2n) is 14.0. The zero-order chi connectivity index (χ0) is 36.0. The maximum Gasteiger partial charge on any atom is 0.342 e. The number of benzene rings is 2. The molecule has 1 heterocycles. The minimum Gasteiger partial charge on any atom is -0.497 e. The highest BCUT2D eigenvalue weighted by Gasteiger charge is 2.44. The molecule has 2 aromatic carbocycles. The maximum absolute atomic E-state index is 13.5. The molecule has 0 aromatic heterocycles. The molecule has 2 aromatic rings. The van der Waals surface area contributed by atoms with Crippen molar-refractivity contribution >= 4 is 26.1 Å². The third-order valence-electron chi connectivity index (χ3n) is 8.00. The molecule has 0 saturated carbocycles. The number of carbonyl (C=O) groups excluding carboxylic acids is 2. The van der Waals surface area contributed by atoms with Crippen LogP contribution in [-0.4, -0.2) is 71.5 Å². The molecule has 0 bridgehead atoms. The van der Waals surface area contributed by atoms with Crippen LogP contribution >= 0.6 is 0 Å². The Labute approximate surface area is 291 Å². The van der Waals surface area contributed by atoms with Gasteiger partial charge in [0, 0.05) is 32.2 Å². The predicted octanol–water partition coefficient (Wildman–Crippen LogP) is 8.63. The summed E-state index contributed by atoms with van der Waals surface area (Å²) >= 11 is 0. The van der Waals surface area contributed by atoms with Crippen LogP contribution in [0.2, 0.25) is 25.7 Å². The molecular weight excluding hydrogens is 643 g/mol. The monoisotopic (exact) mass is 693 g/mol. The van der Waals surface area contributed by atoms with Crippen LogP contribution in [0.3, 0.4) is 0 Å². The smallest absolute Gasteiger partial charge is 0.342 e. The van der Waals surface area contributed by atoms with E-state index in [0.29, 0.717) is 48.5 Å². The van der Waals surface area contributed by atoms with Crippen molar-refractivity contribution in [3.8, 4) is 11.5 Å². The molecular formula is C37H51N3O8Si. The Bertz CT molecular complexity index is 1500. The largest absolute Gasteiger partial charge is 0.497 e. The van der Waals surface area contributed by atoms with E-state index in [1.165, 1.54) is 7.11 Å². The number of hydrogen-bond acceptors (Lipinski definition) is 9. The van der Waals surface area contributed by atoms with Gasteiger partial charge in [0.2, 0.25) is 0 Å². The molecule has 0 aliphatic carbocycles. The third kappa shape index (κ3) is 12.7. The SMILES string of the molecule is COCOc1cc(OC)cc(/C=C/C[C@@H]2CC(C)(C)OC2C(/C=C\C[C@H](C)N=[N+]=[N-])OC(=O)c2ccccc2)c1C(=O)OCC[Si](C)(C)C. The number of ether oxygens (including phenoxy) is 6. The van der Waals surface area contributed by atoms with E-state index < -0.39 is 37.8 Å². The molecule has 3 rings (SSSR count). The lowest BCUT2D eigenvalue weighted by molar-refractivity contribution is -0.0723. The van der Waals surface area contributed by atoms with Crippen LogP contribution in [0, 0.1) is 5.92 Å². The van der Waals surface area contributed by atoms with E-state index >= 15 is 0 Å². The number of hydrogen-bond donors (Lipinski definition) is 0. The standard InChI is InChI=1S/C37H51N3O8Si/c1-26(39-40-38)14-12-19-31(47-35(41)27-15-10-9-11-16-27)34-29(24-37(2,3)48-34)18-13-17-28-22-30(44-5)23-32(46-25-43-4)33(28)36(42)45-20-21-49(6,7)8/h9-13,15-17,19,22-23,26,29,31,34H,14,18,20-21,24-25H2,1-8H3/b17-13+,19-12-/t26-,29+,31?,34?/m0/s1. The third-order valence-corrected chi connectivity index (χ3v) is 9.71. The van der Waals surface area contributed by atoms with Crippen molar-refractivity contribution in [2.75, 3.05) is 27.6 Å². The lowest BCUT2D eigenvalue weighted by Crippen LogP contribution is -2.35. The minimum atomic E-state index is -1.43. The number of methoxy groups -OCH3 is 2. The average molecular weight is 694 g/mol. The van der Waals surface area contributed by atoms with Gasteiger partial charge in [-0.05, 0) is 80.4 Å². The molecule has 0 spiro atoms. The molecule has 12 heteroatoms. The number of esters is 2. The molecule has 4 atom stereocenters. The molecule has 1 aliphatic heterocycles. The highest BCUT2D eigenvalue weighted by Crippen LogP contribution is 2.40. The number of allylic oxidation sites excluding steroid dienone is 1. The fraction of sp³-hybridized carbons (Fsp3) is 0.514. The normalized spacial score (nSPS) is 18.5. The highest BCUT2D eigenvalue weighted by molar-refractivity contribution is 6.76. The van der Waals surface area contributed by atoms with Crippen LogP contribution in [0.4, 0.5) is 0 Å². The van der Waals surface area contributed by atoms with Gasteiger partial charge in [0.05, 0.1) is 24.9 Å². The van der Waals surface area contributed by atoms with Crippen molar-refractivity contribution in [3.05, 3.63) is 87.8 Å². The van der Waals surface area contributed by atoms with Gasteiger partial charge in [-0.15, -0.1) is 0 Å². The van der Waals surface area contributed by atoms with E-state index in [4.69, 9.17) is 34.0 Å². The Morgan fingerprint density at radius 2 is 1.86 bits per heavy atom. The van der Waals surface area contributed by atoms with Crippen LogP contribution in [0.5, 0.6) is 11.5 Å². The van der Waals surface area contributed by atoms with Gasteiger partial charge in [0.15, 0.2) is 6.79 Å². The number of rotatable bonds is 18. The quantitative estimate of drug-likeness (QED) is 0.0288. The van der Waals surface area contributed by atoms with Crippen LogP contribution in [0.25, 0.3) is 16.5 Å². The van der Waals surface area contributed by atoms with Crippen LogP contribution < -0.4 is 9.47 Å². The van der Waals surface area contributed by atoms with Crippen LogP contribution in [0.15, 0.2) is 65.8 Å². The van der Waals surface area contributed by atoms with Crippen LogP contribution in [0.1, 0.15) is 66.3 Å². The van der Waals surface area contributed by atoms with Crippen LogP contribution in [-0.2, 0) is 18.9 Å². The van der Waals surface area contributed by atoms with E-state index in [2.05, 4.69) is 29.7 Å². The van der Waals surface area contributed by atoms with Gasteiger partial charge >= 0.3 is 11.9 Å². The predicted molar refractivity (Wildman–Crippen MR) is 193 cm³/mol. The zero-order valence-corrected chi connectivity index (χ0v) is 31.0. The summed E-state index contributed by atoms with van der Waals surface area (Å²) in [7, 11) is 1.63. The molecule has 49 heavy (non-hydrogen) atoms.